The molecular formula is C8H16N. The van der Waals surface area contributed by atoms with Crippen LogP contribution in [0.25, 0.3) is 0 Å². The molecule has 9 heavy (non-hydrogen) atoms. The summed E-state index contributed by atoms with van der Waals surface area (Å²) in [6, 6.07) is 0. The number of rotatable bonds is 0. The Morgan fingerprint density at radius 1 is 1.44 bits per heavy atom. The third-order valence-corrected chi connectivity index (χ3v) is 1.94. The van der Waals surface area contributed by atoms with E-state index in [4.69, 9.17) is 0 Å². The highest BCUT2D eigenvalue weighted by molar-refractivity contribution is 4.83. The molecule has 1 radical (unpaired) electrons. The van der Waals surface area contributed by atoms with Crippen LogP contribution in [0.3, 0.4) is 0 Å². The molecular weight excluding hydrogens is 110 g/mol. The molecule has 0 aromatic heterocycles. The molecule has 0 atom stereocenters. The molecule has 0 saturated carbocycles. The molecule has 1 fully saturated rings. The molecule has 0 amide bonds. The van der Waals surface area contributed by atoms with Crippen LogP contribution in [0.2, 0.25) is 0 Å². The lowest BCUT2D eigenvalue weighted by atomic mass is 9.84. The Morgan fingerprint density at radius 3 is 2.44 bits per heavy atom. The van der Waals surface area contributed by atoms with Crippen LogP contribution in [0.15, 0.2) is 0 Å². The normalized spacial score (nSPS) is 28.3. The molecule has 0 aliphatic carbocycles. The number of hydrogen-bond acceptors (Lipinski definition) is 1. The van der Waals surface area contributed by atoms with Gasteiger partial charge in [-0.15, -0.1) is 0 Å². The summed E-state index contributed by atoms with van der Waals surface area (Å²) < 4.78 is 0. The fourth-order valence-corrected chi connectivity index (χ4v) is 1.49. The van der Waals surface area contributed by atoms with Crippen molar-refractivity contribution in [3.8, 4) is 0 Å². The fourth-order valence-electron chi connectivity index (χ4n) is 1.49. The Balaban J connectivity index is 2.41. The van der Waals surface area contributed by atoms with Gasteiger partial charge in [-0.2, -0.15) is 0 Å². The maximum absolute atomic E-state index is 2.33. The van der Waals surface area contributed by atoms with Gasteiger partial charge in [-0.3, -0.25) is 0 Å². The molecule has 53 valence electrons. The lowest BCUT2D eigenvalue weighted by Crippen LogP contribution is -2.34. The van der Waals surface area contributed by atoms with Crippen LogP contribution in [0.1, 0.15) is 26.7 Å². The van der Waals surface area contributed by atoms with Crippen molar-refractivity contribution in [2.24, 2.45) is 5.41 Å². The first-order valence-electron chi connectivity index (χ1n) is 3.64. The first-order valence-corrected chi connectivity index (χ1v) is 3.64. The van der Waals surface area contributed by atoms with Gasteiger partial charge in [-0.1, -0.05) is 13.8 Å². The summed E-state index contributed by atoms with van der Waals surface area (Å²) in [5.74, 6) is 0. The van der Waals surface area contributed by atoms with Gasteiger partial charge in [0.05, 0.1) is 0 Å². The van der Waals surface area contributed by atoms with E-state index >= 15 is 0 Å². The van der Waals surface area contributed by atoms with Crippen molar-refractivity contribution in [2.75, 3.05) is 13.6 Å². The summed E-state index contributed by atoms with van der Waals surface area (Å²) in [6.45, 7) is 8.16. The maximum atomic E-state index is 2.33. The average Bonchev–Trinajstić information content (AvgIpc) is 1.60. The highest BCUT2D eigenvalue weighted by Crippen LogP contribution is 2.28. The molecule has 1 heteroatoms. The monoisotopic (exact) mass is 126 g/mol. The zero-order valence-electron chi connectivity index (χ0n) is 6.65. The quantitative estimate of drug-likeness (QED) is 0.479. The van der Waals surface area contributed by atoms with Crippen LogP contribution in [-0.4, -0.2) is 18.5 Å². The Bertz CT molecular complexity index is 96.7. The van der Waals surface area contributed by atoms with Crippen LogP contribution >= 0.6 is 0 Å². The van der Waals surface area contributed by atoms with Gasteiger partial charge in [-0.05, 0) is 25.3 Å². The summed E-state index contributed by atoms with van der Waals surface area (Å²) in [4.78, 5) is 2.30. The van der Waals surface area contributed by atoms with Crippen molar-refractivity contribution in [1.82, 2.24) is 4.90 Å². The third-order valence-electron chi connectivity index (χ3n) is 1.94. The van der Waals surface area contributed by atoms with Crippen LogP contribution in [0, 0.1) is 12.0 Å². The smallest absolute Gasteiger partial charge is 0.0248 e. The van der Waals surface area contributed by atoms with E-state index in [0.717, 1.165) is 0 Å². The van der Waals surface area contributed by atoms with E-state index in [-0.39, 0.29) is 0 Å². The summed E-state index contributed by atoms with van der Waals surface area (Å²) in [5.41, 5.74) is 0.545. The molecule has 1 saturated heterocycles. The predicted octanol–water partition coefficient (Wildman–Crippen LogP) is 1.90. The van der Waals surface area contributed by atoms with Crippen molar-refractivity contribution in [3.63, 3.8) is 0 Å². The molecule has 0 unspecified atom stereocenters. The SMILES string of the molecule is CN1[CH]CCC(C)(C)C1. The van der Waals surface area contributed by atoms with Crippen LogP contribution < -0.4 is 0 Å². The molecule has 1 rings (SSSR count). The highest BCUT2D eigenvalue weighted by Gasteiger charge is 2.23. The minimum Gasteiger partial charge on any atom is -0.301 e. The lowest BCUT2D eigenvalue weighted by Gasteiger charge is -2.35. The minimum absolute atomic E-state index is 0.545. The maximum Gasteiger partial charge on any atom is 0.0248 e. The first-order chi connectivity index (χ1) is 4.10. The molecule has 0 N–H and O–H groups in total. The molecule has 0 bridgehead atoms. The zero-order chi connectivity index (χ0) is 6.91. The van der Waals surface area contributed by atoms with Gasteiger partial charge in [0.15, 0.2) is 0 Å². The second-order valence-electron chi connectivity index (χ2n) is 3.80. The van der Waals surface area contributed by atoms with Gasteiger partial charge < -0.3 is 4.90 Å². The molecule has 0 aromatic carbocycles. The Kier molecular flexibility index (Phi) is 1.80. The van der Waals surface area contributed by atoms with E-state index in [1.54, 1.807) is 0 Å². The average molecular weight is 126 g/mol. The van der Waals surface area contributed by atoms with E-state index in [0.29, 0.717) is 5.41 Å². The molecule has 0 aromatic rings. The van der Waals surface area contributed by atoms with Gasteiger partial charge in [-0.25, -0.2) is 0 Å². The van der Waals surface area contributed by atoms with E-state index in [9.17, 15) is 0 Å². The Labute approximate surface area is 58.0 Å². The first kappa shape index (κ1) is 7.07. The van der Waals surface area contributed by atoms with E-state index < -0.39 is 0 Å². The topological polar surface area (TPSA) is 3.24 Å². The number of nitrogens with zero attached hydrogens (tertiary/aromatic N) is 1. The molecule has 1 heterocycles. The second-order valence-corrected chi connectivity index (χ2v) is 3.80. The van der Waals surface area contributed by atoms with E-state index in [1.165, 1.54) is 19.4 Å². The number of likely N-dealkylation sites (tertiary alicyclic amines) is 1. The van der Waals surface area contributed by atoms with Crippen LogP contribution in [0.5, 0.6) is 0 Å². The number of piperidine rings is 1. The van der Waals surface area contributed by atoms with Gasteiger partial charge >= 0.3 is 0 Å². The molecule has 1 aliphatic rings. The van der Waals surface area contributed by atoms with Crippen LogP contribution in [-0.2, 0) is 0 Å². The van der Waals surface area contributed by atoms with E-state index in [2.05, 4.69) is 32.3 Å². The second kappa shape index (κ2) is 2.30. The van der Waals surface area contributed by atoms with Gasteiger partial charge in [0.25, 0.3) is 0 Å². The fraction of sp³-hybridized carbons (Fsp3) is 0.875. The van der Waals surface area contributed by atoms with Crippen molar-refractivity contribution < 1.29 is 0 Å². The van der Waals surface area contributed by atoms with Crippen LogP contribution in [0.4, 0.5) is 0 Å². The largest absolute Gasteiger partial charge is 0.301 e. The highest BCUT2D eigenvalue weighted by atomic mass is 15.1. The zero-order valence-corrected chi connectivity index (χ0v) is 6.65. The Morgan fingerprint density at radius 2 is 2.11 bits per heavy atom. The van der Waals surface area contributed by atoms with Gasteiger partial charge in [0, 0.05) is 13.1 Å². The van der Waals surface area contributed by atoms with Crippen molar-refractivity contribution in [1.29, 1.82) is 0 Å². The predicted molar refractivity (Wildman–Crippen MR) is 39.9 cm³/mol. The standard InChI is InChI=1S/C8H16N/c1-8(2)5-4-6-9(3)7-8/h6H,4-5,7H2,1-3H3. The van der Waals surface area contributed by atoms with Gasteiger partial charge in [0.1, 0.15) is 0 Å². The summed E-state index contributed by atoms with van der Waals surface area (Å²) >= 11 is 0. The summed E-state index contributed by atoms with van der Waals surface area (Å²) in [5, 5.41) is 0. The molecule has 1 nitrogen and oxygen atoms in total. The minimum atomic E-state index is 0.545. The third kappa shape index (κ3) is 1.98. The van der Waals surface area contributed by atoms with Gasteiger partial charge in [0.2, 0.25) is 0 Å². The molecule has 1 aliphatic heterocycles. The van der Waals surface area contributed by atoms with Crippen molar-refractivity contribution >= 4 is 0 Å². The van der Waals surface area contributed by atoms with Crippen molar-refractivity contribution in [3.05, 3.63) is 6.54 Å². The summed E-state index contributed by atoms with van der Waals surface area (Å²) in [6.07, 6.45) is 2.60. The summed E-state index contributed by atoms with van der Waals surface area (Å²) in [7, 11) is 2.15. The lowest BCUT2D eigenvalue weighted by molar-refractivity contribution is 0.177. The Hall–Kier alpha value is -0.0400. The van der Waals surface area contributed by atoms with E-state index in [1.807, 2.05) is 0 Å². The number of hydrogen-bond donors (Lipinski definition) is 0. The molecule has 0 spiro atoms. The van der Waals surface area contributed by atoms with Crippen molar-refractivity contribution in [2.45, 2.75) is 26.7 Å².